The molecule has 0 spiro atoms. The summed E-state index contributed by atoms with van der Waals surface area (Å²) < 4.78 is 0. The van der Waals surface area contributed by atoms with E-state index >= 15 is 0 Å². The number of halogens is 1. The van der Waals surface area contributed by atoms with Crippen LogP contribution in [0.4, 0.5) is 0 Å². The summed E-state index contributed by atoms with van der Waals surface area (Å²) in [5.74, 6) is 3.17. The highest BCUT2D eigenvalue weighted by atomic mass is 35.5. The maximum atomic E-state index is 6.15. The van der Waals surface area contributed by atoms with Crippen LogP contribution in [0, 0.1) is 5.92 Å². The molecule has 1 N–H and O–H groups in total. The van der Waals surface area contributed by atoms with Crippen molar-refractivity contribution in [2.75, 3.05) is 12.8 Å². The summed E-state index contributed by atoms with van der Waals surface area (Å²) in [6.07, 6.45) is 5.49. The van der Waals surface area contributed by atoms with Crippen LogP contribution in [0.15, 0.2) is 24.3 Å². The van der Waals surface area contributed by atoms with Crippen molar-refractivity contribution in [3.63, 3.8) is 0 Å². The van der Waals surface area contributed by atoms with E-state index in [1.165, 1.54) is 37.0 Å². The Kier molecular flexibility index (Phi) is 5.87. The molecule has 1 aliphatic rings. The minimum absolute atomic E-state index is 0.755. The Hall–Kier alpha value is -0.180. The standard InChI is InChI=1S/C15H22ClNS/c1-17-15-8-4-6-12(15)9-10-18-11-13-5-2-3-7-14(13)16/h2-3,5,7,12,15,17H,4,6,8-11H2,1H3. The Morgan fingerprint density at radius 1 is 1.33 bits per heavy atom. The van der Waals surface area contributed by atoms with E-state index in [0.717, 1.165) is 22.7 Å². The average molecular weight is 284 g/mol. The summed E-state index contributed by atoms with van der Waals surface area (Å²) in [6, 6.07) is 8.92. The Bertz CT molecular complexity index is 369. The minimum Gasteiger partial charge on any atom is -0.317 e. The lowest BCUT2D eigenvalue weighted by Gasteiger charge is -2.18. The van der Waals surface area contributed by atoms with E-state index in [2.05, 4.69) is 24.5 Å². The van der Waals surface area contributed by atoms with Crippen molar-refractivity contribution in [1.82, 2.24) is 5.32 Å². The second-order valence-electron chi connectivity index (χ2n) is 5.02. The Morgan fingerprint density at radius 3 is 2.94 bits per heavy atom. The van der Waals surface area contributed by atoms with Gasteiger partial charge in [0.25, 0.3) is 0 Å². The Morgan fingerprint density at radius 2 is 2.17 bits per heavy atom. The van der Waals surface area contributed by atoms with Gasteiger partial charge in [0.15, 0.2) is 0 Å². The van der Waals surface area contributed by atoms with Crippen molar-refractivity contribution in [3.05, 3.63) is 34.9 Å². The lowest BCUT2D eigenvalue weighted by atomic mass is 10.0. The van der Waals surface area contributed by atoms with Gasteiger partial charge in [0, 0.05) is 16.8 Å². The van der Waals surface area contributed by atoms with Crippen molar-refractivity contribution in [2.24, 2.45) is 5.92 Å². The highest BCUT2D eigenvalue weighted by Gasteiger charge is 2.24. The van der Waals surface area contributed by atoms with Crippen LogP contribution in [0.5, 0.6) is 0 Å². The fraction of sp³-hybridized carbons (Fsp3) is 0.600. The van der Waals surface area contributed by atoms with Crippen LogP contribution in [-0.4, -0.2) is 18.8 Å². The molecule has 3 heteroatoms. The smallest absolute Gasteiger partial charge is 0.0446 e. The molecule has 0 saturated heterocycles. The van der Waals surface area contributed by atoms with Gasteiger partial charge >= 0.3 is 0 Å². The molecule has 0 heterocycles. The summed E-state index contributed by atoms with van der Waals surface area (Å²) in [4.78, 5) is 0. The van der Waals surface area contributed by atoms with Crippen LogP contribution in [-0.2, 0) is 5.75 Å². The molecule has 1 saturated carbocycles. The van der Waals surface area contributed by atoms with E-state index in [4.69, 9.17) is 11.6 Å². The van der Waals surface area contributed by atoms with Gasteiger partial charge in [0.05, 0.1) is 0 Å². The van der Waals surface area contributed by atoms with E-state index in [-0.39, 0.29) is 0 Å². The first kappa shape index (κ1) is 14.2. The van der Waals surface area contributed by atoms with Crippen LogP contribution in [0.3, 0.4) is 0 Å². The number of thioether (sulfide) groups is 1. The summed E-state index contributed by atoms with van der Waals surface area (Å²) in [5.41, 5.74) is 1.26. The summed E-state index contributed by atoms with van der Waals surface area (Å²) in [6.45, 7) is 0. The topological polar surface area (TPSA) is 12.0 Å². The van der Waals surface area contributed by atoms with Gasteiger partial charge in [-0.1, -0.05) is 36.2 Å². The summed E-state index contributed by atoms with van der Waals surface area (Å²) >= 11 is 8.16. The SMILES string of the molecule is CNC1CCCC1CCSCc1ccccc1Cl. The number of benzene rings is 1. The van der Waals surface area contributed by atoms with Gasteiger partial charge in [-0.05, 0) is 49.6 Å². The molecule has 0 aromatic heterocycles. The van der Waals surface area contributed by atoms with Gasteiger partial charge in [-0.2, -0.15) is 11.8 Å². The maximum absolute atomic E-state index is 6.15. The molecule has 18 heavy (non-hydrogen) atoms. The number of nitrogens with one attached hydrogen (secondary N) is 1. The molecule has 1 fully saturated rings. The van der Waals surface area contributed by atoms with Crippen molar-refractivity contribution < 1.29 is 0 Å². The zero-order valence-electron chi connectivity index (χ0n) is 11.0. The van der Waals surface area contributed by atoms with Crippen LogP contribution in [0.2, 0.25) is 5.02 Å². The maximum Gasteiger partial charge on any atom is 0.0446 e. The predicted molar refractivity (Wildman–Crippen MR) is 82.4 cm³/mol. The third-order valence-electron chi connectivity index (χ3n) is 3.88. The van der Waals surface area contributed by atoms with Crippen molar-refractivity contribution in [3.8, 4) is 0 Å². The summed E-state index contributed by atoms with van der Waals surface area (Å²) in [5, 5.41) is 4.35. The second kappa shape index (κ2) is 7.42. The van der Waals surface area contributed by atoms with Crippen molar-refractivity contribution in [1.29, 1.82) is 0 Å². The van der Waals surface area contributed by atoms with Gasteiger partial charge in [0.1, 0.15) is 0 Å². The van der Waals surface area contributed by atoms with Crippen LogP contribution < -0.4 is 5.32 Å². The van der Waals surface area contributed by atoms with E-state index in [1.807, 2.05) is 23.9 Å². The Balaban J connectivity index is 1.68. The molecule has 1 aliphatic carbocycles. The first-order valence-electron chi connectivity index (χ1n) is 6.79. The fourth-order valence-electron chi connectivity index (χ4n) is 2.79. The first-order chi connectivity index (χ1) is 8.81. The van der Waals surface area contributed by atoms with Gasteiger partial charge in [0.2, 0.25) is 0 Å². The summed E-state index contributed by atoms with van der Waals surface area (Å²) in [7, 11) is 2.10. The quantitative estimate of drug-likeness (QED) is 0.779. The lowest BCUT2D eigenvalue weighted by Crippen LogP contribution is -2.29. The van der Waals surface area contributed by atoms with E-state index < -0.39 is 0 Å². The molecular weight excluding hydrogens is 262 g/mol. The highest BCUT2D eigenvalue weighted by Crippen LogP contribution is 2.30. The first-order valence-corrected chi connectivity index (χ1v) is 8.33. The zero-order valence-corrected chi connectivity index (χ0v) is 12.6. The predicted octanol–water partition coefficient (Wildman–Crippen LogP) is 4.35. The molecule has 2 unspecified atom stereocenters. The van der Waals surface area contributed by atoms with E-state index in [0.29, 0.717) is 0 Å². The van der Waals surface area contributed by atoms with Crippen LogP contribution in [0.1, 0.15) is 31.2 Å². The number of rotatable bonds is 6. The van der Waals surface area contributed by atoms with E-state index in [9.17, 15) is 0 Å². The third kappa shape index (κ3) is 3.91. The normalized spacial score (nSPS) is 23.4. The highest BCUT2D eigenvalue weighted by molar-refractivity contribution is 7.98. The molecule has 100 valence electrons. The van der Waals surface area contributed by atoms with Crippen molar-refractivity contribution >= 4 is 23.4 Å². The van der Waals surface area contributed by atoms with E-state index in [1.54, 1.807) is 0 Å². The molecule has 1 nitrogen and oxygen atoms in total. The number of hydrogen-bond donors (Lipinski definition) is 1. The average Bonchev–Trinajstić information content (AvgIpc) is 2.84. The molecule has 2 rings (SSSR count). The third-order valence-corrected chi connectivity index (χ3v) is 5.29. The Labute approximate surface area is 120 Å². The molecular formula is C15H22ClNS. The fourth-order valence-corrected chi connectivity index (χ4v) is 4.16. The number of hydrogen-bond acceptors (Lipinski definition) is 2. The molecule has 0 radical (unpaired) electrons. The molecule has 0 aliphatic heterocycles. The largest absolute Gasteiger partial charge is 0.317 e. The second-order valence-corrected chi connectivity index (χ2v) is 6.53. The molecule has 1 aromatic carbocycles. The minimum atomic E-state index is 0.755. The molecule has 0 bridgehead atoms. The van der Waals surface area contributed by atoms with Crippen molar-refractivity contribution in [2.45, 2.75) is 37.5 Å². The zero-order chi connectivity index (χ0) is 12.8. The van der Waals surface area contributed by atoms with Gasteiger partial charge in [-0.25, -0.2) is 0 Å². The van der Waals surface area contributed by atoms with Crippen LogP contribution >= 0.6 is 23.4 Å². The molecule has 1 aromatic rings. The lowest BCUT2D eigenvalue weighted by molar-refractivity contribution is 0.417. The van der Waals surface area contributed by atoms with Gasteiger partial charge in [-0.15, -0.1) is 0 Å². The van der Waals surface area contributed by atoms with Crippen LogP contribution in [0.25, 0.3) is 0 Å². The van der Waals surface area contributed by atoms with Gasteiger partial charge in [-0.3, -0.25) is 0 Å². The molecule has 0 amide bonds. The van der Waals surface area contributed by atoms with Gasteiger partial charge < -0.3 is 5.32 Å². The monoisotopic (exact) mass is 283 g/mol. The molecule has 2 atom stereocenters.